The van der Waals surface area contributed by atoms with Crippen LogP contribution in [0.15, 0.2) is 18.3 Å². The van der Waals surface area contributed by atoms with E-state index in [1.165, 1.54) is 6.20 Å². The molecule has 0 saturated carbocycles. The topological polar surface area (TPSA) is 56.0 Å². The zero-order valence-electron chi connectivity index (χ0n) is 6.37. The Balaban J connectivity index is 2.96. The van der Waals surface area contributed by atoms with Crippen LogP contribution in [0.3, 0.4) is 0 Å². The fourth-order valence-corrected chi connectivity index (χ4v) is 0.780. The van der Waals surface area contributed by atoms with E-state index in [4.69, 9.17) is 5.73 Å². The van der Waals surface area contributed by atoms with Crippen LogP contribution in [0, 0.1) is 0 Å². The van der Waals surface area contributed by atoms with Gasteiger partial charge in [-0.15, -0.1) is 0 Å². The molecule has 1 heterocycles. The van der Waals surface area contributed by atoms with Crippen LogP contribution in [0.4, 0.5) is 5.69 Å². The number of aromatic nitrogens is 1. The molecule has 0 fully saturated rings. The number of anilines is 1. The highest BCUT2D eigenvalue weighted by molar-refractivity contribution is 5.94. The SMILES string of the molecule is CCC(=O)c1cc(N)ccn1. The van der Waals surface area contributed by atoms with Gasteiger partial charge in [0.1, 0.15) is 5.69 Å². The van der Waals surface area contributed by atoms with Gasteiger partial charge in [-0.05, 0) is 12.1 Å². The van der Waals surface area contributed by atoms with Crippen molar-refractivity contribution in [2.24, 2.45) is 0 Å². The van der Waals surface area contributed by atoms with Gasteiger partial charge in [0.15, 0.2) is 5.78 Å². The second-order valence-corrected chi connectivity index (χ2v) is 2.25. The Morgan fingerprint density at radius 3 is 3.00 bits per heavy atom. The molecule has 0 unspecified atom stereocenters. The fraction of sp³-hybridized carbons (Fsp3) is 0.250. The van der Waals surface area contributed by atoms with Crippen molar-refractivity contribution in [1.29, 1.82) is 0 Å². The van der Waals surface area contributed by atoms with Gasteiger partial charge in [-0.1, -0.05) is 6.92 Å². The quantitative estimate of drug-likeness (QED) is 0.645. The van der Waals surface area contributed by atoms with E-state index in [9.17, 15) is 4.79 Å². The summed E-state index contributed by atoms with van der Waals surface area (Å²) < 4.78 is 0. The molecule has 1 aromatic heterocycles. The van der Waals surface area contributed by atoms with Gasteiger partial charge in [0.05, 0.1) is 0 Å². The highest BCUT2D eigenvalue weighted by Crippen LogP contribution is 2.04. The monoisotopic (exact) mass is 150 g/mol. The Hall–Kier alpha value is -1.38. The van der Waals surface area contributed by atoms with Gasteiger partial charge < -0.3 is 5.73 Å². The largest absolute Gasteiger partial charge is 0.399 e. The minimum atomic E-state index is 0.0253. The molecule has 0 atom stereocenters. The van der Waals surface area contributed by atoms with Crippen LogP contribution in [0.1, 0.15) is 23.8 Å². The molecule has 0 aliphatic rings. The smallest absolute Gasteiger partial charge is 0.180 e. The van der Waals surface area contributed by atoms with E-state index in [1.807, 2.05) is 0 Å². The second-order valence-electron chi connectivity index (χ2n) is 2.25. The number of nitrogens with zero attached hydrogens (tertiary/aromatic N) is 1. The van der Waals surface area contributed by atoms with E-state index >= 15 is 0 Å². The molecule has 1 aromatic rings. The summed E-state index contributed by atoms with van der Waals surface area (Å²) in [5.74, 6) is 0.0253. The van der Waals surface area contributed by atoms with Crippen molar-refractivity contribution in [3.63, 3.8) is 0 Å². The summed E-state index contributed by atoms with van der Waals surface area (Å²) in [6.45, 7) is 1.80. The standard InChI is InChI=1S/C8H10N2O/c1-2-8(11)7-5-6(9)3-4-10-7/h3-5H,2H2,1H3,(H2,9,10). The van der Waals surface area contributed by atoms with E-state index in [0.29, 0.717) is 17.8 Å². The molecule has 11 heavy (non-hydrogen) atoms. The first-order valence-corrected chi connectivity index (χ1v) is 3.48. The molecule has 0 amide bonds. The third kappa shape index (κ3) is 1.77. The van der Waals surface area contributed by atoms with Gasteiger partial charge >= 0.3 is 0 Å². The minimum Gasteiger partial charge on any atom is -0.399 e. The minimum absolute atomic E-state index is 0.0253. The highest BCUT2D eigenvalue weighted by Gasteiger charge is 2.02. The van der Waals surface area contributed by atoms with Crippen LogP contribution in [0.25, 0.3) is 0 Å². The molecule has 0 aliphatic heterocycles. The van der Waals surface area contributed by atoms with Crippen LogP contribution in [0.5, 0.6) is 0 Å². The Kier molecular flexibility index (Phi) is 2.21. The maximum atomic E-state index is 11.0. The van der Waals surface area contributed by atoms with Gasteiger partial charge in [0.25, 0.3) is 0 Å². The van der Waals surface area contributed by atoms with Crippen LogP contribution < -0.4 is 5.73 Å². The van der Waals surface area contributed by atoms with Gasteiger partial charge in [0, 0.05) is 18.3 Å². The first-order valence-electron chi connectivity index (χ1n) is 3.48. The number of hydrogen-bond acceptors (Lipinski definition) is 3. The lowest BCUT2D eigenvalue weighted by atomic mass is 10.2. The second kappa shape index (κ2) is 3.14. The Bertz CT molecular complexity index is 271. The lowest BCUT2D eigenvalue weighted by Crippen LogP contribution is -2.00. The summed E-state index contributed by atoms with van der Waals surface area (Å²) in [5, 5.41) is 0. The molecule has 3 heteroatoms. The zero-order chi connectivity index (χ0) is 8.27. The summed E-state index contributed by atoms with van der Waals surface area (Å²) in [6, 6.07) is 3.25. The van der Waals surface area contributed by atoms with Crippen molar-refractivity contribution in [2.75, 3.05) is 5.73 Å². The van der Waals surface area contributed by atoms with E-state index in [-0.39, 0.29) is 5.78 Å². The number of carbonyl (C=O) groups excluding carboxylic acids is 1. The fourth-order valence-electron chi connectivity index (χ4n) is 0.780. The zero-order valence-corrected chi connectivity index (χ0v) is 6.37. The van der Waals surface area contributed by atoms with E-state index in [0.717, 1.165) is 0 Å². The maximum Gasteiger partial charge on any atom is 0.180 e. The van der Waals surface area contributed by atoms with Crippen molar-refractivity contribution >= 4 is 11.5 Å². The van der Waals surface area contributed by atoms with Crippen LogP contribution in [0.2, 0.25) is 0 Å². The average molecular weight is 150 g/mol. The number of ketones is 1. The molecule has 0 radical (unpaired) electrons. The first kappa shape index (κ1) is 7.72. The molecular formula is C8H10N2O. The van der Waals surface area contributed by atoms with Crippen molar-refractivity contribution < 1.29 is 4.79 Å². The van der Waals surface area contributed by atoms with Crippen molar-refractivity contribution in [2.45, 2.75) is 13.3 Å². The highest BCUT2D eigenvalue weighted by atomic mass is 16.1. The number of rotatable bonds is 2. The predicted molar refractivity (Wildman–Crippen MR) is 43.3 cm³/mol. The van der Waals surface area contributed by atoms with E-state index < -0.39 is 0 Å². The van der Waals surface area contributed by atoms with Crippen LogP contribution in [-0.4, -0.2) is 10.8 Å². The average Bonchev–Trinajstić information content (AvgIpc) is 2.03. The summed E-state index contributed by atoms with van der Waals surface area (Å²) in [5.41, 5.74) is 6.49. The summed E-state index contributed by atoms with van der Waals surface area (Å²) in [4.78, 5) is 14.9. The number of Topliss-reactive ketones (excluding diaryl/α,β-unsaturated/α-hetero) is 1. The first-order chi connectivity index (χ1) is 5.24. The third-order valence-corrected chi connectivity index (χ3v) is 1.39. The number of hydrogen-bond donors (Lipinski definition) is 1. The molecule has 0 bridgehead atoms. The Morgan fingerprint density at radius 2 is 2.45 bits per heavy atom. The van der Waals surface area contributed by atoms with Gasteiger partial charge in [0.2, 0.25) is 0 Å². The van der Waals surface area contributed by atoms with E-state index in [2.05, 4.69) is 4.98 Å². The van der Waals surface area contributed by atoms with Crippen LogP contribution in [-0.2, 0) is 0 Å². The molecule has 0 saturated heterocycles. The molecule has 1 rings (SSSR count). The molecule has 0 aromatic carbocycles. The maximum absolute atomic E-state index is 11.0. The van der Waals surface area contributed by atoms with Crippen LogP contribution >= 0.6 is 0 Å². The number of nitrogens with two attached hydrogens (primary N) is 1. The Labute approximate surface area is 65.2 Å². The molecule has 2 N–H and O–H groups in total. The number of nitrogen functional groups attached to an aromatic ring is 1. The van der Waals surface area contributed by atoms with Gasteiger partial charge in [-0.2, -0.15) is 0 Å². The lowest BCUT2D eigenvalue weighted by molar-refractivity contribution is 0.0983. The predicted octanol–water partition coefficient (Wildman–Crippen LogP) is 1.26. The number of carbonyl (C=O) groups is 1. The molecule has 58 valence electrons. The normalized spacial score (nSPS) is 9.55. The summed E-state index contributed by atoms with van der Waals surface area (Å²) in [6.07, 6.45) is 2.01. The third-order valence-electron chi connectivity index (χ3n) is 1.39. The molecular weight excluding hydrogens is 140 g/mol. The molecule has 0 aliphatic carbocycles. The van der Waals surface area contributed by atoms with Gasteiger partial charge in [-0.25, -0.2) is 0 Å². The lowest BCUT2D eigenvalue weighted by Gasteiger charge is -1.96. The van der Waals surface area contributed by atoms with Crippen molar-refractivity contribution in [3.05, 3.63) is 24.0 Å². The van der Waals surface area contributed by atoms with Crippen molar-refractivity contribution in [1.82, 2.24) is 4.98 Å². The summed E-state index contributed by atoms with van der Waals surface area (Å²) >= 11 is 0. The van der Waals surface area contributed by atoms with E-state index in [1.54, 1.807) is 19.1 Å². The summed E-state index contributed by atoms with van der Waals surface area (Å²) in [7, 11) is 0. The number of pyridine rings is 1. The Morgan fingerprint density at radius 1 is 1.73 bits per heavy atom. The van der Waals surface area contributed by atoms with Gasteiger partial charge in [-0.3, -0.25) is 9.78 Å². The van der Waals surface area contributed by atoms with Crippen molar-refractivity contribution in [3.8, 4) is 0 Å². The molecule has 0 spiro atoms. The molecule has 3 nitrogen and oxygen atoms in total.